The Morgan fingerprint density at radius 1 is 1.20 bits per heavy atom. The van der Waals surface area contributed by atoms with Crippen molar-refractivity contribution < 1.29 is 18.7 Å². The van der Waals surface area contributed by atoms with Gasteiger partial charge in [-0.05, 0) is 70.5 Å². The zero-order chi connectivity index (χ0) is 31.6. The fraction of sp³-hybridized carbons (Fsp3) is 0.545. The number of aromatic amines is 1. The van der Waals surface area contributed by atoms with Crippen molar-refractivity contribution in [2.75, 3.05) is 37.7 Å². The first kappa shape index (κ1) is 29.6. The SMILES string of the molecule is Cc1c2ncc3c(nc(OCC45CCCN4C[C@H](F)C5)nc13)N1C[C@@H](C[C@H]1C)NC(=O)OCCCCc1c(Cl)cc3[nH]ncc3c1-2. The van der Waals surface area contributed by atoms with Crippen LogP contribution in [0.25, 0.3) is 33.1 Å². The van der Waals surface area contributed by atoms with Crippen molar-refractivity contribution in [1.82, 2.24) is 35.4 Å². The van der Waals surface area contributed by atoms with Gasteiger partial charge in [-0.1, -0.05) is 11.6 Å². The number of amides is 1. The van der Waals surface area contributed by atoms with Crippen LogP contribution in [0.15, 0.2) is 18.5 Å². The lowest BCUT2D eigenvalue weighted by molar-refractivity contribution is 0.107. The van der Waals surface area contributed by atoms with Gasteiger partial charge in [-0.3, -0.25) is 15.0 Å². The van der Waals surface area contributed by atoms with Gasteiger partial charge in [0.1, 0.15) is 18.6 Å². The number of halogens is 2. The Morgan fingerprint density at radius 3 is 2.98 bits per heavy atom. The zero-order valence-corrected chi connectivity index (χ0v) is 26.9. The summed E-state index contributed by atoms with van der Waals surface area (Å²) in [6.07, 6.45) is 7.65. The number of nitrogens with one attached hydrogen (secondary N) is 2. The van der Waals surface area contributed by atoms with E-state index in [0.29, 0.717) is 56.4 Å². The predicted octanol–water partition coefficient (Wildman–Crippen LogP) is 5.51. The first-order valence-electron chi connectivity index (χ1n) is 16.3. The summed E-state index contributed by atoms with van der Waals surface area (Å²) in [5.41, 5.74) is 4.75. The van der Waals surface area contributed by atoms with Crippen LogP contribution in [0.2, 0.25) is 5.02 Å². The van der Waals surface area contributed by atoms with Crippen LogP contribution in [0.5, 0.6) is 6.01 Å². The van der Waals surface area contributed by atoms with Gasteiger partial charge in [-0.2, -0.15) is 15.1 Å². The van der Waals surface area contributed by atoms with Gasteiger partial charge in [0.15, 0.2) is 0 Å². The largest absolute Gasteiger partial charge is 0.461 e. The second kappa shape index (κ2) is 11.5. The fourth-order valence-electron chi connectivity index (χ4n) is 8.19. The Hall–Kier alpha value is -3.77. The zero-order valence-electron chi connectivity index (χ0n) is 26.1. The van der Waals surface area contributed by atoms with E-state index < -0.39 is 12.3 Å². The molecule has 3 aromatic heterocycles. The first-order chi connectivity index (χ1) is 22.3. The minimum atomic E-state index is -0.850. The van der Waals surface area contributed by atoms with E-state index in [0.717, 1.165) is 76.4 Å². The Kier molecular flexibility index (Phi) is 7.39. The van der Waals surface area contributed by atoms with Crippen molar-refractivity contribution in [3.8, 4) is 17.3 Å². The van der Waals surface area contributed by atoms with Crippen LogP contribution in [0.1, 0.15) is 56.6 Å². The van der Waals surface area contributed by atoms with Crippen molar-refractivity contribution in [3.63, 3.8) is 0 Å². The number of benzene rings is 1. The number of fused-ring (bicyclic) bond motifs is 9. The number of aromatic nitrogens is 5. The van der Waals surface area contributed by atoms with Gasteiger partial charge in [0, 0.05) is 53.3 Å². The van der Waals surface area contributed by atoms with Gasteiger partial charge in [-0.15, -0.1) is 0 Å². The molecule has 1 amide bonds. The highest BCUT2D eigenvalue weighted by molar-refractivity contribution is 6.33. The lowest BCUT2D eigenvalue weighted by Gasteiger charge is -2.31. The van der Waals surface area contributed by atoms with Gasteiger partial charge in [0.25, 0.3) is 0 Å². The number of H-pyrrole nitrogens is 1. The highest BCUT2D eigenvalue weighted by Gasteiger charge is 2.49. The van der Waals surface area contributed by atoms with E-state index in [2.05, 4.69) is 32.2 Å². The minimum Gasteiger partial charge on any atom is -0.461 e. The third kappa shape index (κ3) is 5.00. The molecular formula is C33H38ClFN8O3. The molecular weight excluding hydrogens is 611 g/mol. The molecule has 13 heteroatoms. The van der Waals surface area contributed by atoms with E-state index in [9.17, 15) is 9.18 Å². The van der Waals surface area contributed by atoms with E-state index in [1.54, 1.807) is 0 Å². The third-order valence-corrected chi connectivity index (χ3v) is 10.8. The average molecular weight is 649 g/mol. The van der Waals surface area contributed by atoms with Crippen molar-refractivity contribution >= 4 is 45.3 Å². The number of hydrogen-bond acceptors (Lipinski definition) is 9. The number of alkyl carbamates (subject to hydrolysis) is 1. The molecule has 5 aliphatic rings. The van der Waals surface area contributed by atoms with E-state index in [-0.39, 0.29) is 23.6 Å². The Morgan fingerprint density at radius 2 is 2.09 bits per heavy atom. The smallest absolute Gasteiger partial charge is 0.407 e. The van der Waals surface area contributed by atoms with Crippen LogP contribution in [-0.2, 0) is 11.2 Å². The first-order valence-corrected chi connectivity index (χ1v) is 16.7. The normalized spacial score (nSPS) is 26.8. The van der Waals surface area contributed by atoms with Crippen LogP contribution < -0.4 is 15.0 Å². The minimum absolute atomic E-state index is 0.0752. The van der Waals surface area contributed by atoms with Gasteiger partial charge < -0.3 is 19.7 Å². The Bertz CT molecular complexity index is 1840. The summed E-state index contributed by atoms with van der Waals surface area (Å²) in [4.78, 5) is 32.2. The van der Waals surface area contributed by atoms with E-state index in [4.69, 9.17) is 36.0 Å². The van der Waals surface area contributed by atoms with Crippen LogP contribution in [0, 0.1) is 6.92 Å². The number of nitrogens with zero attached hydrogens (tertiary/aromatic N) is 6. The summed E-state index contributed by atoms with van der Waals surface area (Å²) >= 11 is 6.91. The van der Waals surface area contributed by atoms with Crippen molar-refractivity contribution in [3.05, 3.63) is 34.6 Å². The molecule has 1 aromatic carbocycles. The molecule has 1 unspecified atom stereocenters. The molecule has 0 radical (unpaired) electrons. The van der Waals surface area contributed by atoms with Gasteiger partial charge in [0.05, 0.1) is 46.5 Å². The lowest BCUT2D eigenvalue weighted by Crippen LogP contribution is -2.43. The van der Waals surface area contributed by atoms with Crippen molar-refractivity contribution in [2.24, 2.45) is 0 Å². The van der Waals surface area contributed by atoms with Crippen LogP contribution >= 0.6 is 11.6 Å². The molecule has 9 rings (SSSR count). The maximum absolute atomic E-state index is 14.6. The van der Waals surface area contributed by atoms with E-state index >= 15 is 0 Å². The summed E-state index contributed by atoms with van der Waals surface area (Å²) in [5.74, 6) is 0.701. The summed E-state index contributed by atoms with van der Waals surface area (Å²) < 4.78 is 26.6. The van der Waals surface area contributed by atoms with Crippen molar-refractivity contribution in [1.29, 1.82) is 0 Å². The molecule has 4 atom stereocenters. The van der Waals surface area contributed by atoms with Crippen molar-refractivity contribution in [2.45, 2.75) is 82.6 Å². The Labute approximate surface area is 271 Å². The molecule has 8 heterocycles. The van der Waals surface area contributed by atoms with E-state index in [1.807, 2.05) is 25.4 Å². The lowest BCUT2D eigenvalue weighted by atomic mass is 9.93. The highest BCUT2D eigenvalue weighted by Crippen LogP contribution is 2.43. The summed E-state index contributed by atoms with van der Waals surface area (Å²) in [6, 6.07) is 2.13. The summed E-state index contributed by atoms with van der Waals surface area (Å²) in [6.45, 7) is 6.69. The number of carbonyl (C=O) groups excluding carboxylic acids is 1. The number of hydrogen-bond donors (Lipinski definition) is 2. The number of ether oxygens (including phenoxy) is 2. The number of alkyl halides is 1. The second-order valence-electron chi connectivity index (χ2n) is 13.4. The molecule has 242 valence electrons. The standard InChI is InChI=1S/C33H38ClFN8O3/c1-18-10-21-16-43(18)30-24-13-36-29(19(2)28(24)39-31(40-30)46-17-33-7-5-8-42(33)15-20(35)12-33)27-22(6-3-4-9-45-32(44)38-21)25(34)11-26-23(27)14-37-41-26/h11,13-14,18,20-21H,3-10,12,15-17H2,1-2H3,(H,37,41)(H,38,44)/t18-,20-,21-,33?/m1/s1. The topological polar surface area (TPSA) is 121 Å². The molecule has 11 nitrogen and oxygen atoms in total. The molecule has 0 saturated carbocycles. The number of carbonyl (C=O) groups is 1. The average Bonchev–Trinajstić information content (AvgIpc) is 3.79. The van der Waals surface area contributed by atoms with Gasteiger partial charge >= 0.3 is 12.1 Å². The van der Waals surface area contributed by atoms with E-state index in [1.165, 1.54) is 0 Å². The summed E-state index contributed by atoms with van der Waals surface area (Å²) in [5, 5.41) is 12.8. The molecule has 0 aliphatic carbocycles. The maximum atomic E-state index is 14.6. The van der Waals surface area contributed by atoms with Crippen LogP contribution in [-0.4, -0.2) is 92.8 Å². The Balaban J connectivity index is 1.29. The molecule has 46 heavy (non-hydrogen) atoms. The number of rotatable bonds is 3. The quantitative estimate of drug-likeness (QED) is 0.296. The molecule has 5 aliphatic heterocycles. The molecule has 0 spiro atoms. The molecule has 3 saturated heterocycles. The number of aryl methyl sites for hydroxylation is 1. The highest BCUT2D eigenvalue weighted by atomic mass is 35.5. The molecule has 3 fully saturated rings. The van der Waals surface area contributed by atoms with Gasteiger partial charge in [0.2, 0.25) is 0 Å². The molecule has 6 bridgehead atoms. The van der Waals surface area contributed by atoms with Crippen LogP contribution in [0.3, 0.4) is 0 Å². The fourth-order valence-corrected chi connectivity index (χ4v) is 8.49. The maximum Gasteiger partial charge on any atom is 0.407 e. The monoisotopic (exact) mass is 648 g/mol. The van der Waals surface area contributed by atoms with Crippen LogP contribution in [0.4, 0.5) is 15.0 Å². The summed E-state index contributed by atoms with van der Waals surface area (Å²) in [7, 11) is 0. The number of pyridine rings is 1. The third-order valence-electron chi connectivity index (χ3n) is 10.4. The number of anilines is 1. The second-order valence-corrected chi connectivity index (χ2v) is 13.8. The predicted molar refractivity (Wildman–Crippen MR) is 173 cm³/mol. The van der Waals surface area contributed by atoms with Gasteiger partial charge in [-0.25, -0.2) is 9.18 Å². The molecule has 4 aromatic rings. The molecule has 2 N–H and O–H groups in total.